The van der Waals surface area contributed by atoms with E-state index in [0.717, 1.165) is 41.2 Å². The van der Waals surface area contributed by atoms with E-state index in [9.17, 15) is 9.59 Å². The third kappa shape index (κ3) is 6.98. The third-order valence-electron chi connectivity index (χ3n) is 7.83. The molecule has 0 radical (unpaired) electrons. The second kappa shape index (κ2) is 13.4. The minimum Gasteiger partial charge on any atom is -0.457 e. The maximum absolute atomic E-state index is 13.5. The molecule has 2 saturated heterocycles. The van der Waals surface area contributed by atoms with Crippen molar-refractivity contribution in [2.45, 2.75) is 38.1 Å². The van der Waals surface area contributed by atoms with Gasteiger partial charge >= 0.3 is 12.2 Å². The highest BCUT2D eigenvalue weighted by Crippen LogP contribution is 2.33. The number of amides is 2. The lowest BCUT2D eigenvalue weighted by Crippen LogP contribution is -2.50. The molecule has 8 heteroatoms. The first kappa shape index (κ1) is 28.3. The summed E-state index contributed by atoms with van der Waals surface area (Å²) in [6.45, 7) is 2.26. The normalized spacial score (nSPS) is 17.9. The monoisotopic (exact) mass is 577 g/mol. The van der Waals surface area contributed by atoms with Gasteiger partial charge < -0.3 is 14.2 Å². The molecule has 6 rings (SSSR count). The summed E-state index contributed by atoms with van der Waals surface area (Å²) in [6, 6.07) is 36.5. The van der Waals surface area contributed by atoms with E-state index in [1.807, 2.05) is 109 Å². The molecular formula is C35H35N3O5. The second-order valence-electron chi connectivity index (χ2n) is 10.8. The Morgan fingerprint density at radius 3 is 1.67 bits per heavy atom. The van der Waals surface area contributed by atoms with Gasteiger partial charge in [-0.2, -0.15) is 0 Å². The van der Waals surface area contributed by atoms with Crippen LogP contribution < -0.4 is 4.74 Å². The fraction of sp³-hybridized carbons (Fsp3) is 0.257. The van der Waals surface area contributed by atoms with E-state index in [-0.39, 0.29) is 25.3 Å². The Kier molecular flexibility index (Phi) is 8.85. The topological polar surface area (TPSA) is 71.6 Å². The summed E-state index contributed by atoms with van der Waals surface area (Å²) in [7, 11) is 0. The molecule has 43 heavy (non-hydrogen) atoms. The van der Waals surface area contributed by atoms with E-state index in [1.165, 1.54) is 10.0 Å². The van der Waals surface area contributed by atoms with E-state index in [2.05, 4.69) is 11.0 Å². The number of hydrogen-bond acceptors (Lipinski definition) is 6. The van der Waals surface area contributed by atoms with Gasteiger partial charge in [-0.05, 0) is 47.7 Å². The molecule has 2 bridgehead atoms. The number of hydrazine groups is 1. The van der Waals surface area contributed by atoms with Crippen molar-refractivity contribution in [1.29, 1.82) is 0 Å². The average Bonchev–Trinajstić information content (AvgIpc) is 3.33. The maximum atomic E-state index is 13.5. The molecule has 0 spiro atoms. The van der Waals surface area contributed by atoms with Crippen LogP contribution in [0.3, 0.4) is 0 Å². The highest BCUT2D eigenvalue weighted by Gasteiger charge is 2.50. The third-order valence-corrected chi connectivity index (χ3v) is 7.83. The molecule has 0 saturated carbocycles. The molecule has 0 aliphatic carbocycles. The molecule has 4 aromatic rings. The van der Waals surface area contributed by atoms with Gasteiger partial charge in [0.25, 0.3) is 0 Å². The van der Waals surface area contributed by atoms with Crippen molar-refractivity contribution in [3.05, 3.63) is 132 Å². The number of rotatable bonds is 9. The van der Waals surface area contributed by atoms with Crippen molar-refractivity contribution in [3.8, 4) is 11.5 Å². The lowest BCUT2D eigenvalue weighted by Gasteiger charge is -2.30. The van der Waals surface area contributed by atoms with Gasteiger partial charge in [0.15, 0.2) is 0 Å². The van der Waals surface area contributed by atoms with Crippen molar-refractivity contribution in [2.75, 3.05) is 19.6 Å². The molecule has 0 N–H and O–H groups in total. The number of carbonyl (C=O) groups excluding carboxylic acids is 2. The predicted octanol–water partition coefficient (Wildman–Crippen LogP) is 6.67. The maximum Gasteiger partial charge on any atom is 0.429 e. The van der Waals surface area contributed by atoms with E-state index in [4.69, 9.17) is 14.2 Å². The summed E-state index contributed by atoms with van der Waals surface area (Å²) in [5, 5.41) is 2.96. The van der Waals surface area contributed by atoms with Gasteiger partial charge in [0.1, 0.15) is 24.7 Å². The molecule has 2 fully saturated rings. The Morgan fingerprint density at radius 2 is 1.12 bits per heavy atom. The number of fused-ring (bicyclic) bond motifs is 2. The molecule has 2 aliphatic rings. The summed E-state index contributed by atoms with van der Waals surface area (Å²) < 4.78 is 17.6. The molecular weight excluding hydrogens is 542 g/mol. The van der Waals surface area contributed by atoms with Crippen LogP contribution in [0.15, 0.2) is 115 Å². The Bertz CT molecular complexity index is 1430. The minimum absolute atomic E-state index is 0.127. The summed E-state index contributed by atoms with van der Waals surface area (Å²) in [6.07, 6.45) is 0.345. The van der Waals surface area contributed by atoms with Gasteiger partial charge in [-0.3, -0.25) is 4.90 Å². The Labute approximate surface area is 252 Å². The first-order valence-corrected chi connectivity index (χ1v) is 14.7. The van der Waals surface area contributed by atoms with Gasteiger partial charge in [-0.15, -0.1) is 0 Å². The Hall–Kier alpha value is -4.82. The van der Waals surface area contributed by atoms with Crippen molar-refractivity contribution >= 4 is 12.2 Å². The van der Waals surface area contributed by atoms with Gasteiger partial charge in [-0.1, -0.05) is 97.1 Å². The Balaban J connectivity index is 1.14. The number of nitrogens with zero attached hydrogens (tertiary/aromatic N) is 3. The highest BCUT2D eigenvalue weighted by molar-refractivity contribution is 5.76. The molecule has 8 nitrogen and oxygen atoms in total. The first-order valence-electron chi connectivity index (χ1n) is 14.7. The van der Waals surface area contributed by atoms with Crippen LogP contribution in [0.2, 0.25) is 0 Å². The Morgan fingerprint density at radius 1 is 0.628 bits per heavy atom. The van der Waals surface area contributed by atoms with Gasteiger partial charge in [0.2, 0.25) is 0 Å². The molecule has 2 unspecified atom stereocenters. The first-order chi connectivity index (χ1) is 21.1. The summed E-state index contributed by atoms with van der Waals surface area (Å²) in [5.41, 5.74) is 2.87. The van der Waals surface area contributed by atoms with Crippen molar-refractivity contribution in [3.63, 3.8) is 0 Å². The molecule has 0 aromatic heterocycles. The van der Waals surface area contributed by atoms with Crippen LogP contribution in [-0.2, 0) is 29.1 Å². The molecule has 2 aliphatic heterocycles. The van der Waals surface area contributed by atoms with E-state index in [1.54, 1.807) is 0 Å². The smallest absolute Gasteiger partial charge is 0.429 e. The fourth-order valence-corrected chi connectivity index (χ4v) is 5.77. The summed E-state index contributed by atoms with van der Waals surface area (Å²) >= 11 is 0. The summed E-state index contributed by atoms with van der Waals surface area (Å²) in [5.74, 6) is 1.62. The zero-order valence-corrected chi connectivity index (χ0v) is 24.0. The zero-order chi connectivity index (χ0) is 29.4. The van der Waals surface area contributed by atoms with Crippen LogP contribution in [0.25, 0.3) is 0 Å². The van der Waals surface area contributed by atoms with Crippen LogP contribution in [0.4, 0.5) is 9.59 Å². The van der Waals surface area contributed by atoms with Crippen LogP contribution >= 0.6 is 0 Å². The molecule has 4 aromatic carbocycles. The standard InChI is InChI=1S/C35H35N3O5/c39-34(41-25-27-12-4-1-5-13-27)37-30-22-31(38(37)35(40)42-26-28-14-6-2-7-15-28)24-36(23-30)21-20-29-16-10-11-19-33(29)43-32-17-8-3-9-18-32/h1-19,30-31H,20-26H2. The number of carbonyl (C=O) groups is 2. The van der Waals surface area contributed by atoms with E-state index >= 15 is 0 Å². The van der Waals surface area contributed by atoms with Crippen LogP contribution in [-0.4, -0.2) is 58.8 Å². The minimum atomic E-state index is -0.545. The molecule has 2 heterocycles. The quantitative estimate of drug-likeness (QED) is 0.221. The number of benzene rings is 4. The van der Waals surface area contributed by atoms with Gasteiger partial charge in [-0.25, -0.2) is 19.6 Å². The number of ether oxygens (including phenoxy) is 3. The number of para-hydroxylation sites is 2. The fourth-order valence-electron chi connectivity index (χ4n) is 5.77. The largest absolute Gasteiger partial charge is 0.457 e. The predicted molar refractivity (Wildman–Crippen MR) is 162 cm³/mol. The molecule has 2 atom stereocenters. The van der Waals surface area contributed by atoms with Crippen LogP contribution in [0.5, 0.6) is 11.5 Å². The molecule has 220 valence electrons. The van der Waals surface area contributed by atoms with Crippen molar-refractivity contribution in [1.82, 2.24) is 14.9 Å². The highest BCUT2D eigenvalue weighted by atomic mass is 16.6. The lowest BCUT2D eigenvalue weighted by atomic mass is 10.0. The second-order valence-corrected chi connectivity index (χ2v) is 10.8. The number of hydrogen-bond donors (Lipinski definition) is 0. The zero-order valence-electron chi connectivity index (χ0n) is 24.0. The SMILES string of the molecule is O=C(OCc1ccccc1)N1C2CC(CN(CCc3ccccc3Oc3ccccc3)C2)N1C(=O)OCc1ccccc1. The number of piperidine rings is 1. The van der Waals surface area contributed by atoms with Crippen molar-refractivity contribution in [2.24, 2.45) is 0 Å². The van der Waals surface area contributed by atoms with E-state index in [0.29, 0.717) is 19.5 Å². The molecule has 2 amide bonds. The van der Waals surface area contributed by atoms with E-state index < -0.39 is 12.2 Å². The van der Waals surface area contributed by atoms with Crippen molar-refractivity contribution < 1.29 is 23.8 Å². The van der Waals surface area contributed by atoms with Crippen LogP contribution in [0.1, 0.15) is 23.1 Å². The number of likely N-dealkylation sites (tertiary alicyclic amines) is 1. The van der Waals surface area contributed by atoms with Gasteiger partial charge in [0.05, 0.1) is 12.1 Å². The lowest BCUT2D eigenvalue weighted by molar-refractivity contribution is -0.0199. The average molecular weight is 578 g/mol. The van der Waals surface area contributed by atoms with Gasteiger partial charge in [0, 0.05) is 19.6 Å². The van der Waals surface area contributed by atoms with Crippen LogP contribution in [0, 0.1) is 0 Å². The summed E-state index contributed by atoms with van der Waals surface area (Å²) in [4.78, 5) is 29.3.